The molecule has 0 unspecified atom stereocenters. The number of rotatable bonds is 2. The Hall–Kier alpha value is -1.51. The van der Waals surface area contributed by atoms with Gasteiger partial charge in [-0.1, -0.05) is 0 Å². The van der Waals surface area contributed by atoms with E-state index in [0.717, 1.165) is 13.1 Å². The minimum absolute atomic E-state index is 0.390. The molecule has 2 rings (SSSR count). The molecule has 1 fully saturated rings. The Balaban J connectivity index is 2.07. The lowest BCUT2D eigenvalue weighted by Gasteiger charge is -2.28. The zero-order valence-corrected chi connectivity index (χ0v) is 9.94. The molecule has 0 N–H and O–H groups in total. The predicted octanol–water partition coefficient (Wildman–Crippen LogP) is 1.92. The van der Waals surface area contributed by atoms with Crippen LogP contribution in [0.25, 0.3) is 0 Å². The van der Waals surface area contributed by atoms with Gasteiger partial charge in [-0.2, -0.15) is 0 Å². The highest BCUT2D eigenvalue weighted by molar-refractivity contribution is 5.81. The van der Waals surface area contributed by atoms with E-state index in [9.17, 15) is 4.79 Å². The van der Waals surface area contributed by atoms with Crippen LogP contribution in [0.4, 0.5) is 11.4 Å². The minimum Gasteiger partial charge on any atom is -0.378 e. The molecule has 1 saturated heterocycles. The first-order valence-corrected chi connectivity index (χ1v) is 5.71. The number of ketones is 1. The molecular formula is C13H18N2O. The molecule has 16 heavy (non-hydrogen) atoms. The van der Waals surface area contributed by atoms with Crippen LogP contribution in [0.1, 0.15) is 12.8 Å². The first kappa shape index (κ1) is 11.0. The van der Waals surface area contributed by atoms with E-state index in [1.54, 1.807) is 0 Å². The van der Waals surface area contributed by atoms with E-state index in [-0.39, 0.29) is 0 Å². The van der Waals surface area contributed by atoms with Crippen LogP contribution >= 0.6 is 0 Å². The average Bonchev–Trinajstić information content (AvgIpc) is 2.30. The monoisotopic (exact) mass is 218 g/mol. The van der Waals surface area contributed by atoms with Gasteiger partial charge in [0.1, 0.15) is 5.78 Å². The Labute approximate surface area is 96.7 Å². The number of piperidine rings is 1. The number of anilines is 2. The summed E-state index contributed by atoms with van der Waals surface area (Å²) in [5.74, 6) is 0.390. The Kier molecular flexibility index (Phi) is 3.13. The van der Waals surface area contributed by atoms with Crippen molar-refractivity contribution in [1.82, 2.24) is 0 Å². The average molecular weight is 218 g/mol. The van der Waals surface area contributed by atoms with Crippen LogP contribution in [-0.2, 0) is 4.79 Å². The quantitative estimate of drug-likeness (QED) is 0.757. The van der Waals surface area contributed by atoms with E-state index in [0.29, 0.717) is 18.6 Å². The molecule has 0 bridgehead atoms. The normalized spacial score (nSPS) is 16.4. The number of benzene rings is 1. The van der Waals surface area contributed by atoms with Gasteiger partial charge in [-0.15, -0.1) is 0 Å². The molecule has 0 radical (unpaired) electrons. The van der Waals surface area contributed by atoms with Crippen molar-refractivity contribution in [2.45, 2.75) is 12.8 Å². The third-order valence-corrected chi connectivity index (χ3v) is 3.05. The van der Waals surface area contributed by atoms with E-state index in [4.69, 9.17) is 0 Å². The van der Waals surface area contributed by atoms with E-state index in [1.165, 1.54) is 11.4 Å². The lowest BCUT2D eigenvalue weighted by molar-refractivity contribution is -0.119. The minimum atomic E-state index is 0.390. The summed E-state index contributed by atoms with van der Waals surface area (Å²) in [5, 5.41) is 0. The molecule has 0 aromatic heterocycles. The van der Waals surface area contributed by atoms with Crippen molar-refractivity contribution in [2.75, 3.05) is 37.0 Å². The van der Waals surface area contributed by atoms with Gasteiger partial charge in [-0.3, -0.25) is 4.79 Å². The summed E-state index contributed by atoms with van der Waals surface area (Å²) >= 11 is 0. The molecular weight excluding hydrogens is 200 g/mol. The molecule has 0 amide bonds. The van der Waals surface area contributed by atoms with E-state index < -0.39 is 0 Å². The summed E-state index contributed by atoms with van der Waals surface area (Å²) in [6.45, 7) is 1.72. The van der Waals surface area contributed by atoms with Crippen molar-refractivity contribution in [1.29, 1.82) is 0 Å². The first-order chi connectivity index (χ1) is 7.66. The van der Waals surface area contributed by atoms with Gasteiger partial charge in [-0.05, 0) is 24.3 Å². The highest BCUT2D eigenvalue weighted by atomic mass is 16.1. The predicted molar refractivity (Wildman–Crippen MR) is 67.2 cm³/mol. The Morgan fingerprint density at radius 1 is 1.06 bits per heavy atom. The molecule has 1 aliphatic rings. The SMILES string of the molecule is CN(C)c1ccc(N2CCC(=O)CC2)cc1. The van der Waals surface area contributed by atoms with E-state index in [2.05, 4.69) is 34.1 Å². The van der Waals surface area contributed by atoms with Crippen molar-refractivity contribution >= 4 is 17.2 Å². The zero-order chi connectivity index (χ0) is 11.5. The summed E-state index contributed by atoms with van der Waals surface area (Å²) in [6.07, 6.45) is 1.38. The van der Waals surface area contributed by atoms with Crippen molar-refractivity contribution < 1.29 is 4.79 Å². The van der Waals surface area contributed by atoms with E-state index >= 15 is 0 Å². The van der Waals surface area contributed by atoms with Gasteiger partial charge in [0.15, 0.2) is 0 Å². The van der Waals surface area contributed by atoms with Crippen molar-refractivity contribution in [3.63, 3.8) is 0 Å². The van der Waals surface area contributed by atoms with Gasteiger partial charge in [-0.25, -0.2) is 0 Å². The van der Waals surface area contributed by atoms with E-state index in [1.807, 2.05) is 14.1 Å². The maximum absolute atomic E-state index is 11.2. The Morgan fingerprint density at radius 2 is 1.62 bits per heavy atom. The first-order valence-electron chi connectivity index (χ1n) is 5.71. The van der Waals surface area contributed by atoms with Crippen molar-refractivity contribution in [3.05, 3.63) is 24.3 Å². The fourth-order valence-corrected chi connectivity index (χ4v) is 1.98. The van der Waals surface area contributed by atoms with Gasteiger partial charge in [0, 0.05) is 51.4 Å². The second kappa shape index (κ2) is 4.56. The number of nitrogens with zero attached hydrogens (tertiary/aromatic N) is 2. The number of hydrogen-bond donors (Lipinski definition) is 0. The lowest BCUT2D eigenvalue weighted by Crippen LogP contribution is -2.33. The summed E-state index contributed by atoms with van der Waals surface area (Å²) in [4.78, 5) is 15.5. The van der Waals surface area contributed by atoms with Crippen LogP contribution in [0.15, 0.2) is 24.3 Å². The van der Waals surface area contributed by atoms with Gasteiger partial charge < -0.3 is 9.80 Å². The molecule has 1 aliphatic heterocycles. The van der Waals surface area contributed by atoms with Crippen LogP contribution in [0.5, 0.6) is 0 Å². The molecule has 0 spiro atoms. The smallest absolute Gasteiger partial charge is 0.136 e. The molecule has 1 aromatic carbocycles. The fraction of sp³-hybridized carbons (Fsp3) is 0.462. The lowest BCUT2D eigenvalue weighted by atomic mass is 10.1. The molecule has 86 valence electrons. The molecule has 1 heterocycles. The van der Waals surface area contributed by atoms with Crippen LogP contribution < -0.4 is 9.80 Å². The number of carbonyl (C=O) groups is 1. The Morgan fingerprint density at radius 3 is 2.12 bits per heavy atom. The fourth-order valence-electron chi connectivity index (χ4n) is 1.98. The highest BCUT2D eigenvalue weighted by Gasteiger charge is 2.16. The van der Waals surface area contributed by atoms with Gasteiger partial charge in [0.2, 0.25) is 0 Å². The molecule has 3 nitrogen and oxygen atoms in total. The maximum atomic E-state index is 11.2. The van der Waals surface area contributed by atoms with Gasteiger partial charge >= 0.3 is 0 Å². The third kappa shape index (κ3) is 2.35. The maximum Gasteiger partial charge on any atom is 0.136 e. The highest BCUT2D eigenvalue weighted by Crippen LogP contribution is 2.21. The summed E-state index contributed by atoms with van der Waals surface area (Å²) in [5.41, 5.74) is 2.43. The summed E-state index contributed by atoms with van der Waals surface area (Å²) in [6, 6.07) is 8.49. The van der Waals surface area contributed by atoms with Crippen LogP contribution in [0.3, 0.4) is 0 Å². The number of carbonyl (C=O) groups excluding carboxylic acids is 1. The van der Waals surface area contributed by atoms with Crippen molar-refractivity contribution in [2.24, 2.45) is 0 Å². The topological polar surface area (TPSA) is 23.6 Å². The molecule has 1 aromatic rings. The van der Waals surface area contributed by atoms with Crippen LogP contribution in [0, 0.1) is 0 Å². The molecule has 3 heteroatoms. The third-order valence-electron chi connectivity index (χ3n) is 3.05. The second-order valence-corrected chi connectivity index (χ2v) is 4.44. The summed E-state index contributed by atoms with van der Waals surface area (Å²) in [7, 11) is 4.07. The molecule has 0 aliphatic carbocycles. The largest absolute Gasteiger partial charge is 0.378 e. The summed E-state index contributed by atoms with van der Waals surface area (Å²) < 4.78 is 0. The standard InChI is InChI=1S/C13H18N2O/c1-14(2)11-3-5-12(6-4-11)15-9-7-13(16)8-10-15/h3-6H,7-10H2,1-2H3. The number of hydrogen-bond acceptors (Lipinski definition) is 3. The zero-order valence-electron chi connectivity index (χ0n) is 9.94. The van der Waals surface area contributed by atoms with Gasteiger partial charge in [0.25, 0.3) is 0 Å². The van der Waals surface area contributed by atoms with Crippen LogP contribution in [0.2, 0.25) is 0 Å². The second-order valence-electron chi connectivity index (χ2n) is 4.44. The Bertz CT molecular complexity index is 360. The molecule has 0 saturated carbocycles. The number of Topliss-reactive ketones (excluding diaryl/α,β-unsaturated/α-hetero) is 1. The van der Waals surface area contributed by atoms with Crippen molar-refractivity contribution in [3.8, 4) is 0 Å². The molecule has 0 atom stereocenters. The van der Waals surface area contributed by atoms with Crippen LogP contribution in [-0.4, -0.2) is 33.0 Å². The van der Waals surface area contributed by atoms with Gasteiger partial charge in [0.05, 0.1) is 0 Å².